The molecule has 1 nitrogen and oxygen atoms in total. The van der Waals surface area contributed by atoms with Gasteiger partial charge in [0.25, 0.3) is 0 Å². The number of hydrogen-bond donors (Lipinski definition) is 0. The average Bonchev–Trinajstić information content (AvgIpc) is 3.32. The number of nitrogens with zero attached hydrogens (tertiary/aromatic N) is 1. The Hall–Kier alpha value is -5.40. The fourth-order valence-corrected chi connectivity index (χ4v) is 7.06. The zero-order valence-electron chi connectivity index (χ0n) is 25.0. The molecule has 0 fully saturated rings. The van der Waals surface area contributed by atoms with Gasteiger partial charge >= 0.3 is 0 Å². The predicted molar refractivity (Wildman–Crippen MR) is 187 cm³/mol. The molecule has 0 spiro atoms. The summed E-state index contributed by atoms with van der Waals surface area (Å²) >= 11 is 0. The Balaban J connectivity index is 1.31. The Morgan fingerprint density at radius 1 is 0.409 bits per heavy atom. The molecule has 0 atom stereocenters. The van der Waals surface area contributed by atoms with Crippen LogP contribution < -0.4 is 4.90 Å². The van der Waals surface area contributed by atoms with Gasteiger partial charge in [0.15, 0.2) is 0 Å². The Labute approximate surface area is 259 Å². The molecule has 0 saturated carbocycles. The SMILES string of the molecule is CC1(C)c2ccccc2-c2c(N(c3ccc(-c4ccccc4-c4ccccc4)cc3)c3ccc4ccccc4c3)cccc21. The Kier molecular flexibility index (Phi) is 6.20. The van der Waals surface area contributed by atoms with Crippen LogP contribution in [-0.2, 0) is 5.41 Å². The summed E-state index contributed by atoms with van der Waals surface area (Å²) in [5, 5.41) is 2.48. The summed E-state index contributed by atoms with van der Waals surface area (Å²) in [4.78, 5) is 2.44. The first-order chi connectivity index (χ1) is 21.6. The van der Waals surface area contributed by atoms with Gasteiger partial charge in [0.1, 0.15) is 0 Å². The van der Waals surface area contributed by atoms with Gasteiger partial charge < -0.3 is 4.90 Å². The van der Waals surface area contributed by atoms with Crippen molar-refractivity contribution in [2.45, 2.75) is 19.3 Å². The van der Waals surface area contributed by atoms with Crippen LogP contribution in [0.15, 0.2) is 164 Å². The van der Waals surface area contributed by atoms with Gasteiger partial charge in [-0.15, -0.1) is 0 Å². The van der Waals surface area contributed by atoms with Crippen molar-refractivity contribution in [3.05, 3.63) is 175 Å². The maximum Gasteiger partial charge on any atom is 0.0543 e. The molecule has 1 aliphatic rings. The molecule has 0 amide bonds. The van der Waals surface area contributed by atoms with Crippen molar-refractivity contribution in [3.63, 3.8) is 0 Å². The number of hydrogen-bond acceptors (Lipinski definition) is 1. The zero-order chi connectivity index (χ0) is 29.7. The van der Waals surface area contributed by atoms with Crippen LogP contribution in [0, 0.1) is 0 Å². The molecule has 8 rings (SSSR count). The Morgan fingerprint density at radius 3 is 1.73 bits per heavy atom. The van der Waals surface area contributed by atoms with E-state index in [1.165, 1.54) is 61.0 Å². The van der Waals surface area contributed by atoms with E-state index in [0.717, 1.165) is 11.4 Å². The highest BCUT2D eigenvalue weighted by Gasteiger charge is 2.37. The molecule has 7 aromatic carbocycles. The molecule has 1 heteroatoms. The van der Waals surface area contributed by atoms with Gasteiger partial charge in [-0.2, -0.15) is 0 Å². The molecule has 1 aliphatic carbocycles. The lowest BCUT2D eigenvalue weighted by Crippen LogP contribution is -2.16. The quantitative estimate of drug-likeness (QED) is 0.201. The fourth-order valence-electron chi connectivity index (χ4n) is 7.06. The highest BCUT2D eigenvalue weighted by atomic mass is 15.1. The van der Waals surface area contributed by atoms with E-state index in [9.17, 15) is 0 Å². The van der Waals surface area contributed by atoms with Gasteiger partial charge in [-0.05, 0) is 80.0 Å². The molecule has 44 heavy (non-hydrogen) atoms. The molecule has 210 valence electrons. The molecule has 0 aromatic heterocycles. The third kappa shape index (κ3) is 4.24. The summed E-state index contributed by atoms with van der Waals surface area (Å²) in [6.45, 7) is 4.70. The monoisotopic (exact) mass is 563 g/mol. The van der Waals surface area contributed by atoms with Crippen LogP contribution >= 0.6 is 0 Å². The fraction of sp³-hybridized carbons (Fsp3) is 0.0698. The lowest BCUT2D eigenvalue weighted by molar-refractivity contribution is 0.660. The maximum absolute atomic E-state index is 2.44. The summed E-state index contributed by atoms with van der Waals surface area (Å²) < 4.78 is 0. The Morgan fingerprint density at radius 2 is 0.977 bits per heavy atom. The van der Waals surface area contributed by atoms with Crippen LogP contribution in [0.1, 0.15) is 25.0 Å². The molecule has 0 radical (unpaired) electrons. The van der Waals surface area contributed by atoms with E-state index in [0.29, 0.717) is 0 Å². The number of fused-ring (bicyclic) bond motifs is 4. The van der Waals surface area contributed by atoms with Gasteiger partial charge in [-0.3, -0.25) is 0 Å². The summed E-state index contributed by atoms with van der Waals surface area (Å²) in [6.07, 6.45) is 0. The van der Waals surface area contributed by atoms with Crippen molar-refractivity contribution in [1.82, 2.24) is 0 Å². The number of benzene rings is 7. The van der Waals surface area contributed by atoms with E-state index in [-0.39, 0.29) is 5.41 Å². The lowest BCUT2D eigenvalue weighted by Gasteiger charge is -2.29. The second-order valence-electron chi connectivity index (χ2n) is 12.2. The first-order valence-corrected chi connectivity index (χ1v) is 15.4. The van der Waals surface area contributed by atoms with E-state index in [4.69, 9.17) is 0 Å². The molecule has 0 aliphatic heterocycles. The van der Waals surface area contributed by atoms with Crippen LogP contribution in [0.2, 0.25) is 0 Å². The minimum absolute atomic E-state index is 0.0675. The van der Waals surface area contributed by atoms with Crippen LogP contribution in [0.3, 0.4) is 0 Å². The third-order valence-corrected chi connectivity index (χ3v) is 9.27. The molecule has 0 N–H and O–H groups in total. The second kappa shape index (κ2) is 10.4. The summed E-state index contributed by atoms with van der Waals surface area (Å²) in [5.74, 6) is 0. The zero-order valence-corrected chi connectivity index (χ0v) is 25.0. The topological polar surface area (TPSA) is 3.24 Å². The van der Waals surface area contributed by atoms with E-state index >= 15 is 0 Å². The van der Waals surface area contributed by atoms with Crippen LogP contribution in [0.4, 0.5) is 17.1 Å². The first kappa shape index (κ1) is 26.2. The van der Waals surface area contributed by atoms with Crippen molar-refractivity contribution in [2.24, 2.45) is 0 Å². The first-order valence-electron chi connectivity index (χ1n) is 15.4. The minimum Gasteiger partial charge on any atom is -0.310 e. The van der Waals surface area contributed by atoms with E-state index < -0.39 is 0 Å². The average molecular weight is 564 g/mol. The van der Waals surface area contributed by atoms with Gasteiger partial charge in [-0.25, -0.2) is 0 Å². The van der Waals surface area contributed by atoms with E-state index in [2.05, 4.69) is 183 Å². The molecule has 7 aromatic rings. The van der Waals surface area contributed by atoms with Crippen LogP contribution in [0.5, 0.6) is 0 Å². The Bertz CT molecular complexity index is 2140. The molecule has 0 bridgehead atoms. The van der Waals surface area contributed by atoms with Crippen molar-refractivity contribution < 1.29 is 0 Å². The highest BCUT2D eigenvalue weighted by Crippen LogP contribution is 2.54. The van der Waals surface area contributed by atoms with E-state index in [1.807, 2.05) is 0 Å². The summed E-state index contributed by atoms with van der Waals surface area (Å²) in [6, 6.07) is 59.6. The molecule has 0 saturated heterocycles. The molecular weight excluding hydrogens is 530 g/mol. The predicted octanol–water partition coefficient (Wildman–Crippen LogP) is 11.9. The van der Waals surface area contributed by atoms with Crippen molar-refractivity contribution in [2.75, 3.05) is 4.90 Å². The maximum atomic E-state index is 2.44. The molecule has 0 heterocycles. The second-order valence-corrected chi connectivity index (χ2v) is 12.2. The molecular formula is C43H33N. The van der Waals surface area contributed by atoms with E-state index in [1.54, 1.807) is 0 Å². The van der Waals surface area contributed by atoms with Gasteiger partial charge in [0.05, 0.1) is 5.69 Å². The largest absolute Gasteiger partial charge is 0.310 e. The van der Waals surface area contributed by atoms with Crippen LogP contribution in [-0.4, -0.2) is 0 Å². The van der Waals surface area contributed by atoms with Gasteiger partial charge in [0.2, 0.25) is 0 Å². The standard InChI is InChI=1S/C43H33N/c1-43(2)39-20-11-10-19-38(39)42-40(43)21-12-22-41(42)44(35-28-23-30-13-6-7-16-33(30)29-35)34-26-24-32(25-27-34)37-18-9-8-17-36(37)31-14-4-3-5-15-31/h3-29H,1-2H3. The summed E-state index contributed by atoms with van der Waals surface area (Å²) in [7, 11) is 0. The number of anilines is 3. The summed E-state index contributed by atoms with van der Waals surface area (Å²) in [5.41, 5.74) is 13.7. The number of rotatable bonds is 5. The van der Waals surface area contributed by atoms with Crippen molar-refractivity contribution in [3.8, 4) is 33.4 Å². The molecule has 0 unspecified atom stereocenters. The van der Waals surface area contributed by atoms with Crippen molar-refractivity contribution >= 4 is 27.8 Å². The highest BCUT2D eigenvalue weighted by molar-refractivity contribution is 5.97. The minimum atomic E-state index is -0.0675. The lowest BCUT2D eigenvalue weighted by atomic mass is 9.82. The third-order valence-electron chi connectivity index (χ3n) is 9.27. The van der Waals surface area contributed by atoms with Gasteiger partial charge in [-0.1, -0.05) is 147 Å². The van der Waals surface area contributed by atoms with Gasteiger partial charge in [0, 0.05) is 22.4 Å². The van der Waals surface area contributed by atoms with Crippen molar-refractivity contribution in [1.29, 1.82) is 0 Å². The van der Waals surface area contributed by atoms with Crippen LogP contribution in [0.25, 0.3) is 44.2 Å². The smallest absolute Gasteiger partial charge is 0.0543 e. The normalized spacial score (nSPS) is 13.0.